The number of amides is 2. The van der Waals surface area contributed by atoms with Crippen LogP contribution in [-0.2, 0) is 16.4 Å². The summed E-state index contributed by atoms with van der Waals surface area (Å²) in [5.74, 6) is -0.00807. The average molecular weight is 442 g/mol. The van der Waals surface area contributed by atoms with Gasteiger partial charge >= 0.3 is 6.03 Å². The molecule has 4 rings (SSSR count). The van der Waals surface area contributed by atoms with Gasteiger partial charge in [0, 0.05) is 18.8 Å². The number of anilines is 1. The third-order valence-corrected chi connectivity index (χ3v) is 7.42. The predicted octanol–water partition coefficient (Wildman–Crippen LogP) is 2.62. The smallest absolute Gasteiger partial charge is 0.321 e. The van der Waals surface area contributed by atoms with Gasteiger partial charge in [-0.3, -0.25) is 4.90 Å². The number of carbonyl (C=O) groups is 1. The largest absolute Gasteiger partial charge is 0.369 e. The van der Waals surface area contributed by atoms with Gasteiger partial charge in [-0.05, 0) is 42.2 Å². The number of nitrogens with zero attached hydrogens (tertiary/aromatic N) is 3. The molecular formula is C22H27N5O3S. The molecule has 2 aliphatic heterocycles. The van der Waals surface area contributed by atoms with Gasteiger partial charge in [0.15, 0.2) is 0 Å². The summed E-state index contributed by atoms with van der Waals surface area (Å²) in [5.41, 5.74) is 8.50. The van der Waals surface area contributed by atoms with Gasteiger partial charge in [0.2, 0.25) is 5.96 Å². The second kappa shape index (κ2) is 8.58. The number of fused-ring (bicyclic) bond motifs is 1. The van der Waals surface area contributed by atoms with Crippen LogP contribution in [-0.4, -0.2) is 44.3 Å². The Kier molecular flexibility index (Phi) is 5.86. The molecule has 0 saturated heterocycles. The lowest BCUT2D eigenvalue weighted by Gasteiger charge is -2.20. The molecule has 9 heteroatoms. The van der Waals surface area contributed by atoms with Crippen LogP contribution in [0.2, 0.25) is 0 Å². The van der Waals surface area contributed by atoms with Crippen molar-refractivity contribution in [3.63, 3.8) is 0 Å². The molecule has 1 atom stereocenters. The van der Waals surface area contributed by atoms with Gasteiger partial charge in [-0.1, -0.05) is 43.7 Å². The number of aliphatic imine (C=N–C) groups is 1. The molecule has 31 heavy (non-hydrogen) atoms. The van der Waals surface area contributed by atoms with Crippen molar-refractivity contribution in [3.8, 4) is 0 Å². The fourth-order valence-corrected chi connectivity index (χ4v) is 5.35. The van der Waals surface area contributed by atoms with Crippen molar-refractivity contribution >= 4 is 27.7 Å². The van der Waals surface area contributed by atoms with Crippen LogP contribution in [0.3, 0.4) is 0 Å². The molecule has 1 unspecified atom stereocenters. The molecule has 2 amide bonds. The first-order chi connectivity index (χ1) is 14.9. The summed E-state index contributed by atoms with van der Waals surface area (Å²) < 4.78 is 27.7. The maximum Gasteiger partial charge on any atom is 0.321 e. The van der Waals surface area contributed by atoms with Crippen LogP contribution in [0, 0.1) is 0 Å². The molecule has 2 heterocycles. The van der Waals surface area contributed by atoms with Crippen LogP contribution in [0.1, 0.15) is 36.9 Å². The quantitative estimate of drug-likeness (QED) is 0.672. The number of nitrogens with two attached hydrogens (primary N) is 1. The summed E-state index contributed by atoms with van der Waals surface area (Å²) in [6.45, 7) is 3.39. The topological polar surface area (TPSA) is 108 Å². The number of urea groups is 1. The highest BCUT2D eigenvalue weighted by atomic mass is 32.2. The van der Waals surface area contributed by atoms with E-state index in [-0.39, 0.29) is 29.5 Å². The maximum atomic E-state index is 13.3. The first-order valence-electron chi connectivity index (χ1n) is 10.5. The summed E-state index contributed by atoms with van der Waals surface area (Å²) >= 11 is 0. The Morgan fingerprint density at radius 1 is 1.23 bits per heavy atom. The van der Waals surface area contributed by atoms with E-state index in [1.807, 2.05) is 30.3 Å². The SMILES string of the molecule is CCCCNC(=O)N1CCc2cc(S(=O)(=O)N3CC(c4ccccc4)N=C3N)ccc21. The molecule has 164 valence electrons. The van der Waals surface area contributed by atoms with Crippen molar-refractivity contribution in [1.29, 1.82) is 0 Å². The average Bonchev–Trinajstić information content (AvgIpc) is 3.38. The fourth-order valence-electron chi connectivity index (χ4n) is 3.94. The number of unbranched alkanes of at least 4 members (excludes halogenated alkanes) is 1. The summed E-state index contributed by atoms with van der Waals surface area (Å²) in [6, 6.07) is 13.9. The Morgan fingerprint density at radius 2 is 2.00 bits per heavy atom. The molecule has 0 aliphatic carbocycles. The molecular weight excluding hydrogens is 414 g/mol. The van der Waals surface area contributed by atoms with E-state index >= 15 is 0 Å². The van der Waals surface area contributed by atoms with Crippen molar-refractivity contribution < 1.29 is 13.2 Å². The lowest BCUT2D eigenvalue weighted by molar-refractivity contribution is 0.246. The van der Waals surface area contributed by atoms with Crippen LogP contribution in [0.5, 0.6) is 0 Å². The van der Waals surface area contributed by atoms with E-state index in [0.29, 0.717) is 19.5 Å². The molecule has 8 nitrogen and oxygen atoms in total. The van der Waals surface area contributed by atoms with Crippen molar-refractivity contribution in [2.24, 2.45) is 10.7 Å². The predicted molar refractivity (Wildman–Crippen MR) is 120 cm³/mol. The number of benzene rings is 2. The number of hydrogen-bond acceptors (Lipinski definition) is 5. The summed E-state index contributed by atoms with van der Waals surface area (Å²) in [6.07, 6.45) is 2.54. The van der Waals surface area contributed by atoms with Crippen LogP contribution in [0.4, 0.5) is 10.5 Å². The Balaban J connectivity index is 1.53. The molecule has 3 N–H and O–H groups in total. The van der Waals surface area contributed by atoms with Gasteiger partial charge in [-0.15, -0.1) is 0 Å². The summed E-state index contributed by atoms with van der Waals surface area (Å²) in [7, 11) is -3.85. The molecule has 2 aromatic carbocycles. The first kappa shape index (κ1) is 21.2. The second-order valence-corrected chi connectivity index (χ2v) is 9.59. The highest BCUT2D eigenvalue weighted by molar-refractivity contribution is 7.89. The number of carbonyl (C=O) groups excluding carboxylic acids is 1. The number of nitrogens with one attached hydrogen (secondary N) is 1. The van der Waals surface area contributed by atoms with E-state index in [1.165, 1.54) is 6.07 Å². The van der Waals surface area contributed by atoms with E-state index < -0.39 is 10.0 Å². The van der Waals surface area contributed by atoms with Crippen molar-refractivity contribution in [2.75, 3.05) is 24.5 Å². The van der Waals surface area contributed by atoms with Gasteiger partial charge in [0.05, 0.1) is 17.5 Å². The third kappa shape index (κ3) is 4.10. The molecule has 0 radical (unpaired) electrons. The minimum atomic E-state index is -3.85. The zero-order valence-electron chi connectivity index (χ0n) is 17.5. The number of hydrogen-bond donors (Lipinski definition) is 2. The first-order valence-corrected chi connectivity index (χ1v) is 11.9. The third-order valence-electron chi connectivity index (χ3n) is 5.65. The van der Waals surface area contributed by atoms with E-state index in [0.717, 1.165) is 34.0 Å². The van der Waals surface area contributed by atoms with Crippen molar-refractivity contribution in [2.45, 2.75) is 37.1 Å². The minimum absolute atomic E-state index is 0.00807. The van der Waals surface area contributed by atoms with Gasteiger partial charge in [-0.2, -0.15) is 0 Å². The lowest BCUT2D eigenvalue weighted by atomic mass is 10.1. The monoisotopic (exact) mass is 441 g/mol. The Hall–Kier alpha value is -3.07. The Bertz CT molecular complexity index is 1100. The molecule has 2 aliphatic rings. The highest BCUT2D eigenvalue weighted by Crippen LogP contribution is 2.33. The van der Waals surface area contributed by atoms with Crippen molar-refractivity contribution in [1.82, 2.24) is 9.62 Å². The summed E-state index contributed by atoms with van der Waals surface area (Å²) in [5, 5.41) is 2.91. The van der Waals surface area contributed by atoms with E-state index in [1.54, 1.807) is 17.0 Å². The molecule has 0 fully saturated rings. The zero-order chi connectivity index (χ0) is 22.0. The van der Waals surface area contributed by atoms with E-state index in [4.69, 9.17) is 5.73 Å². The standard InChI is InChI=1S/C22H27N5O3S/c1-2-3-12-24-22(28)26-13-11-17-14-18(9-10-20(17)26)31(29,30)27-15-19(25-21(27)23)16-7-5-4-6-8-16/h4-10,14,19H,2-3,11-13,15H2,1H3,(H2,23,25)(H,24,28). The zero-order valence-corrected chi connectivity index (χ0v) is 18.3. The fraction of sp³-hybridized carbons (Fsp3) is 0.364. The van der Waals surface area contributed by atoms with Crippen LogP contribution >= 0.6 is 0 Å². The van der Waals surface area contributed by atoms with Crippen LogP contribution < -0.4 is 16.0 Å². The van der Waals surface area contributed by atoms with Crippen molar-refractivity contribution in [3.05, 3.63) is 59.7 Å². The lowest BCUT2D eigenvalue weighted by Crippen LogP contribution is -2.39. The van der Waals surface area contributed by atoms with E-state index in [9.17, 15) is 13.2 Å². The van der Waals surface area contributed by atoms with Crippen LogP contribution in [0.15, 0.2) is 58.4 Å². The second-order valence-electron chi connectivity index (χ2n) is 7.73. The van der Waals surface area contributed by atoms with Gasteiger partial charge in [0.1, 0.15) is 0 Å². The molecule has 0 bridgehead atoms. The molecule has 2 aromatic rings. The highest BCUT2D eigenvalue weighted by Gasteiger charge is 2.35. The molecule has 0 saturated carbocycles. The maximum absolute atomic E-state index is 13.3. The minimum Gasteiger partial charge on any atom is -0.369 e. The van der Waals surface area contributed by atoms with Crippen LogP contribution in [0.25, 0.3) is 0 Å². The van der Waals surface area contributed by atoms with Gasteiger partial charge < -0.3 is 11.1 Å². The Morgan fingerprint density at radius 3 is 2.74 bits per heavy atom. The number of guanidine groups is 1. The number of sulfonamides is 1. The molecule has 0 spiro atoms. The van der Waals surface area contributed by atoms with E-state index in [2.05, 4.69) is 17.2 Å². The van der Waals surface area contributed by atoms with Gasteiger partial charge in [-0.25, -0.2) is 22.5 Å². The molecule has 0 aromatic heterocycles. The normalized spacial score (nSPS) is 18.1. The summed E-state index contributed by atoms with van der Waals surface area (Å²) in [4.78, 5) is 18.6. The van der Waals surface area contributed by atoms with Gasteiger partial charge in [0.25, 0.3) is 10.0 Å². The number of rotatable bonds is 6. The Labute approximate surface area is 182 Å².